The van der Waals surface area contributed by atoms with E-state index in [1.807, 2.05) is 36.5 Å². The summed E-state index contributed by atoms with van der Waals surface area (Å²) in [6, 6.07) is 17.5. The van der Waals surface area contributed by atoms with Crippen molar-refractivity contribution in [3.63, 3.8) is 0 Å². The molecule has 0 unspecified atom stereocenters. The standard InChI is InChI=1S/C24H23N5O/c1-15(2)27-24-26-14-18-12-17(8-10-21(18)29-24)20-13-19(9-7-16(20)3)28-23(30)22-6-4-5-11-25-22/h4-15H,1-3H3,(H,28,30)(H,26,27,29). The Morgan fingerprint density at radius 3 is 2.63 bits per heavy atom. The Balaban J connectivity index is 1.63. The Kier molecular flexibility index (Phi) is 5.39. The zero-order valence-electron chi connectivity index (χ0n) is 17.2. The van der Waals surface area contributed by atoms with E-state index >= 15 is 0 Å². The highest BCUT2D eigenvalue weighted by Crippen LogP contribution is 2.29. The van der Waals surface area contributed by atoms with Gasteiger partial charge in [0.2, 0.25) is 5.95 Å². The zero-order chi connectivity index (χ0) is 21.1. The maximum Gasteiger partial charge on any atom is 0.274 e. The summed E-state index contributed by atoms with van der Waals surface area (Å²) in [6.45, 7) is 6.16. The molecule has 0 aliphatic rings. The van der Waals surface area contributed by atoms with Crippen molar-refractivity contribution in [1.82, 2.24) is 15.0 Å². The minimum absolute atomic E-state index is 0.234. The van der Waals surface area contributed by atoms with E-state index in [1.54, 1.807) is 24.4 Å². The van der Waals surface area contributed by atoms with E-state index in [0.29, 0.717) is 11.6 Å². The fraction of sp³-hybridized carbons (Fsp3) is 0.167. The van der Waals surface area contributed by atoms with Gasteiger partial charge >= 0.3 is 0 Å². The third-order valence-corrected chi connectivity index (χ3v) is 4.70. The van der Waals surface area contributed by atoms with E-state index in [4.69, 9.17) is 0 Å². The number of anilines is 2. The molecule has 0 saturated carbocycles. The van der Waals surface area contributed by atoms with Crippen LogP contribution in [-0.4, -0.2) is 26.9 Å². The average Bonchev–Trinajstić information content (AvgIpc) is 2.75. The van der Waals surface area contributed by atoms with E-state index in [1.165, 1.54) is 0 Å². The van der Waals surface area contributed by atoms with Crippen LogP contribution < -0.4 is 10.6 Å². The molecule has 0 atom stereocenters. The van der Waals surface area contributed by atoms with Crippen LogP contribution in [0.15, 0.2) is 67.0 Å². The quantitative estimate of drug-likeness (QED) is 0.491. The third kappa shape index (κ3) is 4.27. The normalized spacial score (nSPS) is 10.9. The Bertz CT molecular complexity index is 1200. The molecule has 4 aromatic rings. The van der Waals surface area contributed by atoms with Crippen molar-refractivity contribution in [3.05, 3.63) is 78.2 Å². The van der Waals surface area contributed by atoms with Gasteiger partial charge in [-0.1, -0.05) is 18.2 Å². The van der Waals surface area contributed by atoms with Gasteiger partial charge in [0, 0.05) is 29.5 Å². The molecule has 0 bridgehead atoms. The van der Waals surface area contributed by atoms with Crippen molar-refractivity contribution in [2.45, 2.75) is 26.8 Å². The van der Waals surface area contributed by atoms with Crippen LogP contribution in [-0.2, 0) is 0 Å². The lowest BCUT2D eigenvalue weighted by Crippen LogP contribution is -2.13. The number of hydrogen-bond donors (Lipinski definition) is 2. The summed E-state index contributed by atoms with van der Waals surface area (Å²) in [6.07, 6.45) is 3.44. The molecule has 2 aromatic carbocycles. The summed E-state index contributed by atoms with van der Waals surface area (Å²) < 4.78 is 0. The lowest BCUT2D eigenvalue weighted by molar-refractivity contribution is 0.102. The molecule has 0 aliphatic heterocycles. The van der Waals surface area contributed by atoms with Gasteiger partial charge in [-0.15, -0.1) is 0 Å². The summed E-state index contributed by atoms with van der Waals surface area (Å²) in [5.41, 5.74) is 5.19. The van der Waals surface area contributed by atoms with Crippen LogP contribution in [0, 0.1) is 6.92 Å². The van der Waals surface area contributed by atoms with Crippen LogP contribution in [0.4, 0.5) is 11.6 Å². The third-order valence-electron chi connectivity index (χ3n) is 4.70. The Morgan fingerprint density at radius 2 is 1.87 bits per heavy atom. The lowest BCUT2D eigenvalue weighted by atomic mass is 9.98. The maximum atomic E-state index is 12.4. The number of fused-ring (bicyclic) bond motifs is 1. The Hall–Kier alpha value is -3.80. The smallest absolute Gasteiger partial charge is 0.274 e. The van der Waals surface area contributed by atoms with Gasteiger partial charge in [0.25, 0.3) is 5.91 Å². The predicted molar refractivity (Wildman–Crippen MR) is 121 cm³/mol. The van der Waals surface area contributed by atoms with Gasteiger partial charge < -0.3 is 10.6 Å². The number of rotatable bonds is 5. The molecule has 0 saturated heterocycles. The highest BCUT2D eigenvalue weighted by Gasteiger charge is 2.10. The summed E-state index contributed by atoms with van der Waals surface area (Å²) in [5.74, 6) is 0.392. The first-order valence-corrected chi connectivity index (χ1v) is 9.86. The van der Waals surface area contributed by atoms with Crippen molar-refractivity contribution < 1.29 is 4.79 Å². The number of benzene rings is 2. The molecule has 0 aliphatic carbocycles. The Labute approximate surface area is 175 Å². The largest absolute Gasteiger partial charge is 0.352 e. The number of carbonyl (C=O) groups is 1. The van der Waals surface area contributed by atoms with Crippen LogP contribution in [0.25, 0.3) is 22.0 Å². The molecular weight excluding hydrogens is 374 g/mol. The highest BCUT2D eigenvalue weighted by atomic mass is 16.1. The number of carbonyl (C=O) groups excluding carboxylic acids is 1. The van der Waals surface area contributed by atoms with Crippen LogP contribution in [0.3, 0.4) is 0 Å². The molecule has 150 valence electrons. The first-order valence-electron chi connectivity index (χ1n) is 9.86. The monoisotopic (exact) mass is 397 g/mol. The summed E-state index contributed by atoms with van der Waals surface area (Å²) in [4.78, 5) is 25.5. The molecule has 6 heteroatoms. The molecule has 2 heterocycles. The van der Waals surface area contributed by atoms with Crippen molar-refractivity contribution in [3.8, 4) is 11.1 Å². The minimum Gasteiger partial charge on any atom is -0.352 e. The maximum absolute atomic E-state index is 12.4. The number of aryl methyl sites for hydroxylation is 1. The van der Waals surface area contributed by atoms with Gasteiger partial charge in [0.15, 0.2) is 0 Å². The molecule has 30 heavy (non-hydrogen) atoms. The van der Waals surface area contributed by atoms with Crippen LogP contribution in [0.5, 0.6) is 0 Å². The topological polar surface area (TPSA) is 79.8 Å². The SMILES string of the molecule is Cc1ccc(NC(=O)c2ccccn2)cc1-c1ccc2nc(NC(C)C)ncc2c1. The van der Waals surface area contributed by atoms with Crippen LogP contribution in [0.1, 0.15) is 29.9 Å². The number of hydrogen-bond acceptors (Lipinski definition) is 5. The molecule has 2 N–H and O–H groups in total. The summed E-state index contributed by atoms with van der Waals surface area (Å²) in [5, 5.41) is 7.11. The lowest BCUT2D eigenvalue weighted by Gasteiger charge is -2.12. The van der Waals surface area contributed by atoms with Crippen molar-refractivity contribution >= 4 is 28.4 Å². The second kappa shape index (κ2) is 8.29. The molecule has 1 amide bonds. The fourth-order valence-corrected chi connectivity index (χ4v) is 3.23. The number of nitrogens with zero attached hydrogens (tertiary/aromatic N) is 3. The molecule has 0 fully saturated rings. The van der Waals surface area contributed by atoms with E-state index in [9.17, 15) is 4.79 Å². The number of aromatic nitrogens is 3. The minimum atomic E-state index is -0.234. The second-order valence-corrected chi connectivity index (χ2v) is 7.47. The molecule has 4 rings (SSSR count). The van der Waals surface area contributed by atoms with Crippen LogP contribution >= 0.6 is 0 Å². The van der Waals surface area contributed by atoms with Crippen molar-refractivity contribution in [2.75, 3.05) is 10.6 Å². The molecule has 2 aromatic heterocycles. The van der Waals surface area contributed by atoms with Gasteiger partial charge in [-0.2, -0.15) is 0 Å². The highest BCUT2D eigenvalue weighted by molar-refractivity contribution is 6.03. The fourth-order valence-electron chi connectivity index (χ4n) is 3.23. The second-order valence-electron chi connectivity index (χ2n) is 7.47. The van der Waals surface area contributed by atoms with Crippen molar-refractivity contribution in [2.24, 2.45) is 0 Å². The first-order chi connectivity index (χ1) is 14.5. The number of nitrogens with one attached hydrogen (secondary N) is 2. The summed E-state index contributed by atoms with van der Waals surface area (Å²) >= 11 is 0. The average molecular weight is 397 g/mol. The van der Waals surface area contributed by atoms with Gasteiger partial charge in [0.1, 0.15) is 5.69 Å². The molecular formula is C24H23N5O. The number of pyridine rings is 1. The van der Waals surface area contributed by atoms with E-state index < -0.39 is 0 Å². The van der Waals surface area contributed by atoms with E-state index in [-0.39, 0.29) is 11.9 Å². The van der Waals surface area contributed by atoms with Crippen LogP contribution in [0.2, 0.25) is 0 Å². The zero-order valence-corrected chi connectivity index (χ0v) is 17.2. The predicted octanol–water partition coefficient (Wildman–Crippen LogP) is 5.07. The summed E-state index contributed by atoms with van der Waals surface area (Å²) in [7, 11) is 0. The first kappa shape index (κ1) is 19.5. The Morgan fingerprint density at radius 1 is 1.00 bits per heavy atom. The van der Waals surface area contributed by atoms with Gasteiger partial charge in [-0.25, -0.2) is 9.97 Å². The molecule has 0 radical (unpaired) electrons. The van der Waals surface area contributed by atoms with E-state index in [2.05, 4.69) is 52.4 Å². The molecule has 6 nitrogen and oxygen atoms in total. The van der Waals surface area contributed by atoms with Crippen molar-refractivity contribution in [1.29, 1.82) is 0 Å². The number of amides is 1. The van der Waals surface area contributed by atoms with Gasteiger partial charge in [-0.05, 0) is 73.9 Å². The van der Waals surface area contributed by atoms with Gasteiger partial charge in [-0.3, -0.25) is 9.78 Å². The van der Waals surface area contributed by atoms with Gasteiger partial charge in [0.05, 0.1) is 5.52 Å². The van der Waals surface area contributed by atoms with E-state index in [0.717, 1.165) is 33.3 Å². The molecule has 0 spiro atoms.